The lowest BCUT2D eigenvalue weighted by Gasteiger charge is -2.24. The molecule has 0 unspecified atom stereocenters. The van der Waals surface area contributed by atoms with Crippen LogP contribution >= 0.6 is 47.0 Å². The number of benzene rings is 2. The number of carbonyl (C=O) groups is 2. The Kier molecular flexibility index (Phi) is 7.94. The third kappa shape index (κ3) is 5.77. The van der Waals surface area contributed by atoms with Crippen LogP contribution < -0.4 is 5.32 Å². The van der Waals surface area contributed by atoms with E-state index in [2.05, 4.69) is 11.9 Å². The molecule has 2 aromatic rings. The highest BCUT2D eigenvalue weighted by Crippen LogP contribution is 2.25. The van der Waals surface area contributed by atoms with Gasteiger partial charge in [0.1, 0.15) is 6.04 Å². The maximum absolute atomic E-state index is 13.0. The highest BCUT2D eigenvalue weighted by molar-refractivity contribution is 7.80. The first kappa shape index (κ1) is 23.5. The average molecular weight is 497 g/mol. The van der Waals surface area contributed by atoms with E-state index in [0.717, 1.165) is 5.56 Å². The van der Waals surface area contributed by atoms with E-state index in [1.54, 1.807) is 47.4 Å². The van der Waals surface area contributed by atoms with Crippen LogP contribution in [0.2, 0.25) is 15.1 Å². The predicted octanol–water partition coefficient (Wildman–Crippen LogP) is 5.20. The van der Waals surface area contributed by atoms with Crippen LogP contribution in [-0.2, 0) is 16.0 Å². The van der Waals surface area contributed by atoms with Crippen LogP contribution in [0.15, 0.2) is 55.1 Å². The zero-order valence-electron chi connectivity index (χ0n) is 16.5. The molecule has 1 N–H and O–H groups in total. The van der Waals surface area contributed by atoms with Gasteiger partial charge in [-0.1, -0.05) is 46.9 Å². The Labute approximate surface area is 201 Å². The second kappa shape index (κ2) is 10.5. The monoisotopic (exact) mass is 495 g/mol. The summed E-state index contributed by atoms with van der Waals surface area (Å²) in [4.78, 5) is 28.9. The van der Waals surface area contributed by atoms with Crippen molar-refractivity contribution in [1.82, 2.24) is 9.80 Å². The van der Waals surface area contributed by atoms with Gasteiger partial charge in [-0.15, -0.1) is 6.58 Å². The molecule has 9 heteroatoms. The van der Waals surface area contributed by atoms with Gasteiger partial charge < -0.3 is 10.2 Å². The maximum Gasteiger partial charge on any atom is 0.252 e. The molecule has 3 rings (SSSR count). The van der Waals surface area contributed by atoms with Crippen LogP contribution in [0.25, 0.3) is 0 Å². The molecule has 1 saturated heterocycles. The van der Waals surface area contributed by atoms with E-state index < -0.39 is 6.04 Å². The van der Waals surface area contributed by atoms with Crippen molar-refractivity contribution in [2.24, 2.45) is 0 Å². The molecule has 1 atom stereocenters. The van der Waals surface area contributed by atoms with Crippen molar-refractivity contribution in [3.05, 3.63) is 75.8 Å². The summed E-state index contributed by atoms with van der Waals surface area (Å²) in [5.41, 5.74) is 1.48. The topological polar surface area (TPSA) is 52.7 Å². The molecule has 2 aromatic carbocycles. The number of anilines is 1. The van der Waals surface area contributed by atoms with Gasteiger partial charge in [-0.05, 0) is 60.6 Å². The normalized spacial score (nSPS) is 16.0. The number of amides is 2. The number of carbonyl (C=O) groups excluding carboxylic acids is 2. The number of rotatable bonds is 8. The fourth-order valence-electron chi connectivity index (χ4n) is 3.33. The molecule has 0 saturated carbocycles. The van der Waals surface area contributed by atoms with E-state index >= 15 is 0 Å². The van der Waals surface area contributed by atoms with E-state index in [-0.39, 0.29) is 24.8 Å². The first-order chi connectivity index (χ1) is 14.8. The SMILES string of the molecule is C=CCN1C(=O)[C@@H](CC(=O)Nc2ccc(Cl)cc2)N(CCc2ccc(Cl)cc2Cl)C1=S. The Hall–Kier alpha value is -2.12. The Morgan fingerprint density at radius 2 is 1.81 bits per heavy atom. The smallest absolute Gasteiger partial charge is 0.252 e. The van der Waals surface area contributed by atoms with Crippen LogP contribution in [0, 0.1) is 0 Å². The van der Waals surface area contributed by atoms with E-state index in [0.29, 0.717) is 38.8 Å². The maximum atomic E-state index is 13.0. The largest absolute Gasteiger partial charge is 0.336 e. The van der Waals surface area contributed by atoms with Gasteiger partial charge in [0, 0.05) is 33.8 Å². The quantitative estimate of drug-likeness (QED) is 0.403. The molecule has 0 bridgehead atoms. The molecule has 1 fully saturated rings. The van der Waals surface area contributed by atoms with Crippen LogP contribution in [0.1, 0.15) is 12.0 Å². The molecule has 162 valence electrons. The van der Waals surface area contributed by atoms with Gasteiger partial charge in [0.15, 0.2) is 5.11 Å². The van der Waals surface area contributed by atoms with Gasteiger partial charge >= 0.3 is 0 Å². The fraction of sp³-hybridized carbons (Fsp3) is 0.227. The lowest BCUT2D eigenvalue weighted by Crippen LogP contribution is -2.39. The Bertz CT molecular complexity index is 1010. The van der Waals surface area contributed by atoms with Gasteiger partial charge in [-0.2, -0.15) is 0 Å². The average Bonchev–Trinajstić information content (AvgIpc) is 2.93. The fourth-order valence-corrected chi connectivity index (χ4v) is 4.34. The highest BCUT2D eigenvalue weighted by Gasteiger charge is 2.42. The molecule has 31 heavy (non-hydrogen) atoms. The molecular weight excluding hydrogens is 477 g/mol. The van der Waals surface area contributed by atoms with Gasteiger partial charge in [0.2, 0.25) is 5.91 Å². The van der Waals surface area contributed by atoms with E-state index in [9.17, 15) is 9.59 Å². The molecule has 1 heterocycles. The van der Waals surface area contributed by atoms with Crippen molar-refractivity contribution in [2.75, 3.05) is 18.4 Å². The van der Waals surface area contributed by atoms with Crippen LogP contribution in [0.5, 0.6) is 0 Å². The third-order valence-corrected chi connectivity index (χ3v) is 6.15. The molecular formula is C22H20Cl3N3O2S. The number of hydrogen-bond acceptors (Lipinski definition) is 3. The minimum Gasteiger partial charge on any atom is -0.336 e. The predicted molar refractivity (Wildman–Crippen MR) is 130 cm³/mol. The summed E-state index contributed by atoms with van der Waals surface area (Å²) in [5.74, 6) is -0.517. The van der Waals surface area contributed by atoms with Crippen molar-refractivity contribution in [2.45, 2.75) is 18.9 Å². The molecule has 0 aromatic heterocycles. The summed E-state index contributed by atoms with van der Waals surface area (Å²) in [6.07, 6.45) is 2.11. The lowest BCUT2D eigenvalue weighted by atomic mass is 10.1. The van der Waals surface area contributed by atoms with E-state index in [1.165, 1.54) is 4.90 Å². The van der Waals surface area contributed by atoms with Crippen molar-refractivity contribution in [1.29, 1.82) is 0 Å². The lowest BCUT2D eigenvalue weighted by molar-refractivity contribution is -0.130. The van der Waals surface area contributed by atoms with E-state index in [1.807, 2.05) is 6.07 Å². The molecule has 2 amide bonds. The zero-order valence-corrected chi connectivity index (χ0v) is 19.6. The Morgan fingerprint density at radius 3 is 2.45 bits per heavy atom. The first-order valence-electron chi connectivity index (χ1n) is 9.52. The van der Waals surface area contributed by atoms with Crippen molar-refractivity contribution in [3.8, 4) is 0 Å². The first-order valence-corrected chi connectivity index (χ1v) is 11.1. The van der Waals surface area contributed by atoms with Crippen LogP contribution in [0.4, 0.5) is 5.69 Å². The van der Waals surface area contributed by atoms with Gasteiger partial charge in [0.25, 0.3) is 5.91 Å². The van der Waals surface area contributed by atoms with Crippen molar-refractivity contribution < 1.29 is 9.59 Å². The minimum atomic E-state index is -0.703. The van der Waals surface area contributed by atoms with Crippen molar-refractivity contribution >= 4 is 69.6 Å². The molecule has 0 radical (unpaired) electrons. The summed E-state index contributed by atoms with van der Waals surface area (Å²) in [5, 5.41) is 4.83. The number of halogens is 3. The summed E-state index contributed by atoms with van der Waals surface area (Å²) >= 11 is 23.7. The molecule has 5 nitrogen and oxygen atoms in total. The minimum absolute atomic E-state index is 0.0381. The summed E-state index contributed by atoms with van der Waals surface area (Å²) in [6, 6.07) is 11.3. The number of thiocarbonyl (C=S) groups is 1. The molecule has 0 aliphatic carbocycles. The Balaban J connectivity index is 1.74. The number of nitrogens with zero attached hydrogens (tertiary/aromatic N) is 2. The van der Waals surface area contributed by atoms with Crippen LogP contribution in [-0.4, -0.2) is 45.9 Å². The van der Waals surface area contributed by atoms with Crippen LogP contribution in [0.3, 0.4) is 0 Å². The number of hydrogen-bond donors (Lipinski definition) is 1. The second-order valence-electron chi connectivity index (χ2n) is 6.97. The summed E-state index contributed by atoms with van der Waals surface area (Å²) in [7, 11) is 0. The molecule has 1 aliphatic heterocycles. The second-order valence-corrected chi connectivity index (χ2v) is 8.62. The third-order valence-electron chi connectivity index (χ3n) is 4.86. The summed E-state index contributed by atoms with van der Waals surface area (Å²) < 4.78 is 0. The standard InChI is InChI=1S/C22H20Cl3N3O2S/c1-2-10-28-21(30)19(13-20(29)26-17-7-5-15(23)6-8-17)27(22(28)31)11-9-14-3-4-16(24)12-18(14)25/h2-8,12,19H,1,9-11,13H2,(H,26,29)/t19-/m1/s1. The summed E-state index contributed by atoms with van der Waals surface area (Å²) in [6.45, 7) is 4.40. The zero-order chi connectivity index (χ0) is 22.5. The highest BCUT2D eigenvalue weighted by atomic mass is 35.5. The van der Waals surface area contributed by atoms with E-state index in [4.69, 9.17) is 47.0 Å². The molecule has 1 aliphatic rings. The number of nitrogens with one attached hydrogen (secondary N) is 1. The Morgan fingerprint density at radius 1 is 1.13 bits per heavy atom. The molecule has 0 spiro atoms. The van der Waals surface area contributed by atoms with Gasteiger partial charge in [-0.25, -0.2) is 0 Å². The van der Waals surface area contributed by atoms with Gasteiger partial charge in [0.05, 0.1) is 6.42 Å². The van der Waals surface area contributed by atoms with Gasteiger partial charge in [-0.3, -0.25) is 14.5 Å². The van der Waals surface area contributed by atoms with Crippen molar-refractivity contribution in [3.63, 3.8) is 0 Å².